The first-order valence-corrected chi connectivity index (χ1v) is 5.21. The van der Waals surface area contributed by atoms with Crippen molar-refractivity contribution in [1.29, 1.82) is 5.53 Å². The van der Waals surface area contributed by atoms with Crippen LogP contribution in [-0.2, 0) is 0 Å². The van der Waals surface area contributed by atoms with Gasteiger partial charge in [0.05, 0.1) is 11.4 Å². The Morgan fingerprint density at radius 1 is 1.25 bits per heavy atom. The van der Waals surface area contributed by atoms with Crippen LogP contribution in [-0.4, -0.2) is 9.89 Å². The van der Waals surface area contributed by atoms with Crippen molar-refractivity contribution in [3.05, 3.63) is 40.7 Å². The summed E-state index contributed by atoms with van der Waals surface area (Å²) in [6, 6.07) is 7.55. The molecule has 0 aliphatic carbocycles. The Labute approximate surface area is 98.3 Å². The number of hydrogen-bond acceptors (Lipinski definition) is 3. The smallest absolute Gasteiger partial charge is 0.0714 e. The van der Waals surface area contributed by atoms with Crippen LogP contribution in [0.15, 0.2) is 29.5 Å². The van der Waals surface area contributed by atoms with E-state index < -0.39 is 0 Å². The highest BCUT2D eigenvalue weighted by molar-refractivity contribution is 6.30. The zero-order chi connectivity index (χ0) is 11.7. The third-order valence-corrected chi connectivity index (χ3v) is 2.75. The second-order valence-electron chi connectivity index (χ2n) is 3.54. The lowest BCUT2D eigenvalue weighted by atomic mass is 10.0. The topological polar surface area (TPSA) is 54.0 Å². The van der Waals surface area contributed by atoms with E-state index in [2.05, 4.69) is 10.3 Å². The maximum absolute atomic E-state index is 7.00. The highest BCUT2D eigenvalue weighted by Gasteiger charge is 2.12. The molecule has 0 aliphatic rings. The molecule has 0 amide bonds. The quantitative estimate of drug-likeness (QED) is 0.793. The lowest BCUT2D eigenvalue weighted by molar-refractivity contribution is 0.641. The summed E-state index contributed by atoms with van der Waals surface area (Å²) < 4.78 is 0. The number of benzene rings is 1. The van der Waals surface area contributed by atoms with E-state index in [1.165, 1.54) is 4.79 Å². The highest BCUT2D eigenvalue weighted by atomic mass is 35.5. The lowest BCUT2D eigenvalue weighted by Crippen LogP contribution is -1.91. The van der Waals surface area contributed by atoms with Gasteiger partial charge in [0.15, 0.2) is 0 Å². The Hall–Kier alpha value is -1.68. The van der Waals surface area contributed by atoms with E-state index in [4.69, 9.17) is 17.1 Å². The molecule has 0 aliphatic heterocycles. The maximum atomic E-state index is 7.00. The fourth-order valence-electron chi connectivity index (χ4n) is 1.76. The van der Waals surface area contributed by atoms with E-state index in [0.29, 0.717) is 5.02 Å². The molecule has 0 radical (unpaired) electrons. The number of aromatic nitrogens is 2. The van der Waals surface area contributed by atoms with Crippen molar-refractivity contribution >= 4 is 11.6 Å². The number of nitrogens with zero attached hydrogens (tertiary/aromatic N) is 3. The summed E-state index contributed by atoms with van der Waals surface area (Å²) in [7, 11) is 0. The van der Waals surface area contributed by atoms with Crippen LogP contribution in [0.5, 0.6) is 0 Å². The van der Waals surface area contributed by atoms with E-state index >= 15 is 0 Å². The molecule has 2 rings (SSSR count). The second kappa shape index (κ2) is 4.06. The van der Waals surface area contributed by atoms with Gasteiger partial charge in [-0.1, -0.05) is 29.0 Å². The number of hydrogen-bond donors (Lipinski definition) is 1. The first kappa shape index (κ1) is 10.8. The van der Waals surface area contributed by atoms with Gasteiger partial charge >= 0.3 is 0 Å². The molecule has 0 atom stereocenters. The Balaban J connectivity index is 2.59. The van der Waals surface area contributed by atoms with Crippen LogP contribution in [0.2, 0.25) is 5.02 Å². The summed E-state index contributed by atoms with van der Waals surface area (Å²) in [6.07, 6.45) is 0. The number of halogens is 1. The molecule has 0 spiro atoms. The van der Waals surface area contributed by atoms with Gasteiger partial charge in [0.1, 0.15) is 0 Å². The molecule has 1 N–H and O–H groups in total. The van der Waals surface area contributed by atoms with Crippen molar-refractivity contribution in [2.45, 2.75) is 13.8 Å². The van der Waals surface area contributed by atoms with Gasteiger partial charge in [-0.25, -0.2) is 0 Å². The number of aryl methyl sites for hydroxylation is 1. The third-order valence-electron chi connectivity index (χ3n) is 2.50. The molecular weight excluding hydrogens is 224 g/mol. The van der Waals surface area contributed by atoms with Crippen LogP contribution >= 0.6 is 11.6 Å². The monoisotopic (exact) mass is 234 g/mol. The Morgan fingerprint density at radius 2 is 1.88 bits per heavy atom. The molecule has 5 heteroatoms. The van der Waals surface area contributed by atoms with Gasteiger partial charge in [0, 0.05) is 10.6 Å². The van der Waals surface area contributed by atoms with E-state index in [9.17, 15) is 0 Å². The van der Waals surface area contributed by atoms with Gasteiger partial charge in [-0.05, 0) is 31.5 Å². The molecule has 0 unspecified atom stereocenters. The summed E-state index contributed by atoms with van der Waals surface area (Å²) in [4.78, 5) is 1.32. The summed E-state index contributed by atoms with van der Waals surface area (Å²) in [5, 5.41) is 8.19. The first-order valence-electron chi connectivity index (χ1n) is 4.83. The van der Waals surface area contributed by atoms with E-state index in [0.717, 1.165) is 22.5 Å². The van der Waals surface area contributed by atoms with Crippen LogP contribution in [0, 0.1) is 19.4 Å². The Bertz CT molecular complexity index is 528. The van der Waals surface area contributed by atoms with E-state index in [1.807, 2.05) is 38.1 Å². The van der Waals surface area contributed by atoms with Crippen molar-refractivity contribution in [3.63, 3.8) is 0 Å². The lowest BCUT2D eigenvalue weighted by Gasteiger charge is -2.01. The van der Waals surface area contributed by atoms with Crippen LogP contribution in [0.4, 0.5) is 0 Å². The SMILES string of the molecule is Cc1nn(N=N)c(C)c1-c1ccc(Cl)cc1. The van der Waals surface area contributed by atoms with Crippen molar-refractivity contribution in [2.75, 3.05) is 0 Å². The third kappa shape index (κ3) is 1.72. The molecular formula is C11H11ClN4. The normalized spacial score (nSPS) is 10.4. The summed E-state index contributed by atoms with van der Waals surface area (Å²) >= 11 is 5.84. The van der Waals surface area contributed by atoms with Crippen LogP contribution in [0.25, 0.3) is 11.1 Å². The molecule has 82 valence electrons. The summed E-state index contributed by atoms with van der Waals surface area (Å²) in [6.45, 7) is 3.79. The molecule has 1 aromatic heterocycles. The molecule has 2 aromatic rings. The molecule has 0 saturated heterocycles. The fraction of sp³-hybridized carbons (Fsp3) is 0.182. The molecule has 0 saturated carbocycles. The fourth-order valence-corrected chi connectivity index (χ4v) is 1.89. The predicted molar refractivity (Wildman–Crippen MR) is 62.7 cm³/mol. The molecule has 0 fully saturated rings. The van der Waals surface area contributed by atoms with Gasteiger partial charge in [0.25, 0.3) is 0 Å². The highest BCUT2D eigenvalue weighted by Crippen LogP contribution is 2.27. The molecule has 0 bridgehead atoms. The van der Waals surface area contributed by atoms with Gasteiger partial charge < -0.3 is 0 Å². The minimum atomic E-state index is 0.705. The predicted octanol–water partition coefficient (Wildman–Crippen LogP) is 3.61. The molecule has 1 aromatic carbocycles. The zero-order valence-electron chi connectivity index (χ0n) is 9.03. The van der Waals surface area contributed by atoms with Crippen molar-refractivity contribution in [3.8, 4) is 11.1 Å². The number of nitrogens with one attached hydrogen (secondary N) is 1. The first-order chi connectivity index (χ1) is 7.63. The summed E-state index contributed by atoms with van der Waals surface area (Å²) in [5.41, 5.74) is 10.8. The van der Waals surface area contributed by atoms with Crippen LogP contribution < -0.4 is 0 Å². The van der Waals surface area contributed by atoms with Gasteiger partial charge in [-0.15, -0.1) is 4.79 Å². The molecule has 4 nitrogen and oxygen atoms in total. The van der Waals surface area contributed by atoms with Gasteiger partial charge in [0.2, 0.25) is 0 Å². The minimum absolute atomic E-state index is 0.705. The Kier molecular flexibility index (Phi) is 2.75. The van der Waals surface area contributed by atoms with Gasteiger partial charge in [-0.3, -0.25) is 0 Å². The van der Waals surface area contributed by atoms with Crippen LogP contribution in [0.3, 0.4) is 0 Å². The van der Waals surface area contributed by atoms with E-state index in [-0.39, 0.29) is 0 Å². The van der Waals surface area contributed by atoms with Crippen molar-refractivity contribution < 1.29 is 0 Å². The largest absolute Gasteiger partial charge is 0.185 e. The summed E-state index contributed by atoms with van der Waals surface area (Å²) in [5.74, 6) is 0. The van der Waals surface area contributed by atoms with E-state index in [1.54, 1.807) is 0 Å². The number of rotatable bonds is 2. The zero-order valence-corrected chi connectivity index (χ0v) is 9.78. The maximum Gasteiger partial charge on any atom is 0.0714 e. The second-order valence-corrected chi connectivity index (χ2v) is 3.98. The molecule has 16 heavy (non-hydrogen) atoms. The minimum Gasteiger partial charge on any atom is -0.185 e. The average molecular weight is 235 g/mol. The average Bonchev–Trinajstić information content (AvgIpc) is 2.56. The van der Waals surface area contributed by atoms with Crippen molar-refractivity contribution in [1.82, 2.24) is 9.89 Å². The van der Waals surface area contributed by atoms with Gasteiger partial charge in [-0.2, -0.15) is 10.6 Å². The van der Waals surface area contributed by atoms with Crippen molar-refractivity contribution in [2.24, 2.45) is 5.22 Å². The Morgan fingerprint density at radius 3 is 2.38 bits per heavy atom. The van der Waals surface area contributed by atoms with Crippen LogP contribution in [0.1, 0.15) is 11.4 Å². The molecule has 1 heterocycles. The standard InChI is InChI=1S/C11H11ClN4/c1-7-11(8(2)16(14-7)15-13)9-3-5-10(12)6-4-9/h3-6,13H,1-2H3.